The van der Waals surface area contributed by atoms with Crippen LogP contribution in [-0.4, -0.2) is 11.2 Å². The third-order valence-corrected chi connectivity index (χ3v) is 1.05. The van der Waals surface area contributed by atoms with E-state index in [-0.39, 0.29) is 6.10 Å². The molecule has 0 heterocycles. The zero-order chi connectivity index (χ0) is 5.86. The van der Waals surface area contributed by atoms with Crippen LogP contribution < -0.4 is 0 Å². The highest BCUT2D eigenvalue weighted by atomic mass is 16.3. The number of hydrogen-bond donors (Lipinski definition) is 1. The molecule has 0 saturated heterocycles. The molecule has 1 heteroatoms. The van der Waals surface area contributed by atoms with Crippen molar-refractivity contribution >= 4 is 0 Å². The summed E-state index contributed by atoms with van der Waals surface area (Å²) in [5.74, 6) is 1.10. The molecule has 0 aliphatic carbocycles. The molecule has 0 radical (unpaired) electrons. The number of aliphatic hydroxyl groups is 1. The SMILES string of the molecule is CCC(O)[C+](C)C. The van der Waals surface area contributed by atoms with Crippen LogP contribution in [0.25, 0.3) is 0 Å². The summed E-state index contributed by atoms with van der Waals surface area (Å²) in [5.41, 5.74) is 0. The largest absolute Gasteiger partial charge is 0.353 e. The fourth-order valence-corrected chi connectivity index (χ4v) is 0.408. The predicted molar refractivity (Wildman–Crippen MR) is 30.9 cm³/mol. The fraction of sp³-hybridized carbons (Fsp3) is 0.833. The Morgan fingerprint density at radius 3 is 2.00 bits per heavy atom. The van der Waals surface area contributed by atoms with Gasteiger partial charge in [-0.25, -0.2) is 0 Å². The van der Waals surface area contributed by atoms with Gasteiger partial charge in [0.25, 0.3) is 0 Å². The van der Waals surface area contributed by atoms with Gasteiger partial charge < -0.3 is 5.11 Å². The topological polar surface area (TPSA) is 20.2 Å². The molecule has 0 bridgehead atoms. The summed E-state index contributed by atoms with van der Waals surface area (Å²) in [5, 5.41) is 8.90. The van der Waals surface area contributed by atoms with Gasteiger partial charge in [-0.15, -0.1) is 0 Å². The maximum absolute atomic E-state index is 8.90. The van der Waals surface area contributed by atoms with Crippen LogP contribution in [0.2, 0.25) is 0 Å². The van der Waals surface area contributed by atoms with Crippen molar-refractivity contribution in [1.29, 1.82) is 0 Å². The minimum atomic E-state index is -0.181. The average molecular weight is 101 g/mol. The summed E-state index contributed by atoms with van der Waals surface area (Å²) in [6.07, 6.45) is 0.655. The second kappa shape index (κ2) is 2.92. The fourth-order valence-electron chi connectivity index (χ4n) is 0.408. The summed E-state index contributed by atoms with van der Waals surface area (Å²) < 4.78 is 0. The maximum atomic E-state index is 8.90. The van der Waals surface area contributed by atoms with Gasteiger partial charge in [0.2, 0.25) is 0 Å². The molecule has 0 fully saturated rings. The van der Waals surface area contributed by atoms with Gasteiger partial charge >= 0.3 is 0 Å². The molecule has 0 aliphatic heterocycles. The second-order valence-electron chi connectivity index (χ2n) is 2.00. The summed E-state index contributed by atoms with van der Waals surface area (Å²) in [4.78, 5) is 0. The summed E-state index contributed by atoms with van der Waals surface area (Å²) >= 11 is 0. The molecule has 0 aromatic heterocycles. The average Bonchev–Trinajstić information content (AvgIpc) is 1.65. The van der Waals surface area contributed by atoms with Crippen LogP contribution in [0.4, 0.5) is 0 Å². The third-order valence-electron chi connectivity index (χ3n) is 1.05. The first-order valence-electron chi connectivity index (χ1n) is 2.66. The van der Waals surface area contributed by atoms with Crippen molar-refractivity contribution in [3.8, 4) is 0 Å². The Hall–Kier alpha value is -0.170. The Bertz CT molecular complexity index is 41.4. The van der Waals surface area contributed by atoms with Gasteiger partial charge in [-0.1, -0.05) is 6.92 Å². The van der Waals surface area contributed by atoms with Crippen molar-refractivity contribution in [2.75, 3.05) is 0 Å². The van der Waals surface area contributed by atoms with Crippen molar-refractivity contribution in [3.05, 3.63) is 5.92 Å². The van der Waals surface area contributed by atoms with Crippen molar-refractivity contribution < 1.29 is 5.11 Å². The van der Waals surface area contributed by atoms with E-state index >= 15 is 0 Å². The highest BCUT2D eigenvalue weighted by Gasteiger charge is 2.14. The van der Waals surface area contributed by atoms with E-state index in [1.165, 1.54) is 0 Å². The van der Waals surface area contributed by atoms with Crippen LogP contribution in [0, 0.1) is 5.92 Å². The molecule has 1 atom stereocenters. The van der Waals surface area contributed by atoms with Crippen molar-refractivity contribution in [1.82, 2.24) is 0 Å². The summed E-state index contributed by atoms with van der Waals surface area (Å²) in [6, 6.07) is 0. The first-order chi connectivity index (χ1) is 3.18. The Kier molecular flexibility index (Phi) is 2.84. The van der Waals surface area contributed by atoms with Gasteiger partial charge in [0.05, 0.1) is 13.8 Å². The standard InChI is InChI=1S/C6H13O/c1-4-6(7)5(2)3/h6-7H,4H2,1-3H3/q+1. The van der Waals surface area contributed by atoms with Gasteiger partial charge in [0.15, 0.2) is 6.10 Å². The smallest absolute Gasteiger partial charge is 0.196 e. The first-order valence-corrected chi connectivity index (χ1v) is 2.66. The summed E-state index contributed by atoms with van der Waals surface area (Å²) in [6.45, 7) is 5.85. The molecule has 0 aliphatic rings. The van der Waals surface area contributed by atoms with Crippen LogP contribution in [0.15, 0.2) is 0 Å². The Morgan fingerprint density at radius 2 is 2.00 bits per heavy atom. The van der Waals surface area contributed by atoms with E-state index in [9.17, 15) is 0 Å². The lowest BCUT2D eigenvalue weighted by Gasteiger charge is -1.98. The molecule has 1 unspecified atom stereocenters. The zero-order valence-corrected chi connectivity index (χ0v) is 5.23. The minimum absolute atomic E-state index is 0.181. The van der Waals surface area contributed by atoms with Gasteiger partial charge in [0.1, 0.15) is 5.92 Å². The molecular weight excluding hydrogens is 88.1 g/mol. The van der Waals surface area contributed by atoms with Crippen molar-refractivity contribution in [2.45, 2.75) is 33.3 Å². The molecule has 0 saturated carbocycles. The van der Waals surface area contributed by atoms with E-state index in [1.54, 1.807) is 0 Å². The quantitative estimate of drug-likeness (QED) is 0.521. The van der Waals surface area contributed by atoms with Crippen LogP contribution in [-0.2, 0) is 0 Å². The van der Waals surface area contributed by atoms with E-state index in [0.717, 1.165) is 12.3 Å². The maximum Gasteiger partial charge on any atom is 0.196 e. The molecule has 0 spiro atoms. The van der Waals surface area contributed by atoms with Crippen molar-refractivity contribution in [3.63, 3.8) is 0 Å². The van der Waals surface area contributed by atoms with Crippen LogP contribution in [0.3, 0.4) is 0 Å². The molecule has 7 heavy (non-hydrogen) atoms. The first kappa shape index (κ1) is 6.83. The van der Waals surface area contributed by atoms with E-state index in [4.69, 9.17) is 5.11 Å². The van der Waals surface area contributed by atoms with E-state index < -0.39 is 0 Å². The summed E-state index contributed by atoms with van der Waals surface area (Å²) in [7, 11) is 0. The lowest BCUT2D eigenvalue weighted by atomic mass is 10.1. The molecule has 0 aromatic carbocycles. The van der Waals surface area contributed by atoms with E-state index in [0.29, 0.717) is 0 Å². The monoisotopic (exact) mass is 101 g/mol. The third kappa shape index (κ3) is 2.52. The Labute approximate surface area is 45.4 Å². The second-order valence-corrected chi connectivity index (χ2v) is 2.00. The van der Waals surface area contributed by atoms with Gasteiger partial charge in [-0.05, 0) is 0 Å². The van der Waals surface area contributed by atoms with E-state index in [1.807, 2.05) is 20.8 Å². The highest BCUT2D eigenvalue weighted by molar-refractivity contribution is 4.85. The van der Waals surface area contributed by atoms with Gasteiger partial charge in [-0.2, -0.15) is 0 Å². The lowest BCUT2D eigenvalue weighted by Crippen LogP contribution is -2.09. The van der Waals surface area contributed by atoms with Crippen molar-refractivity contribution in [2.24, 2.45) is 0 Å². The van der Waals surface area contributed by atoms with Gasteiger partial charge in [-0.3, -0.25) is 0 Å². The molecule has 42 valence electrons. The molecular formula is C6H13O+. The minimum Gasteiger partial charge on any atom is -0.353 e. The van der Waals surface area contributed by atoms with E-state index in [2.05, 4.69) is 0 Å². The Balaban J connectivity index is 3.14. The molecule has 1 nitrogen and oxygen atoms in total. The Morgan fingerprint density at radius 1 is 1.57 bits per heavy atom. The van der Waals surface area contributed by atoms with Crippen LogP contribution in [0.5, 0.6) is 0 Å². The predicted octanol–water partition coefficient (Wildman–Crippen LogP) is 1.37. The number of hydrogen-bond acceptors (Lipinski definition) is 1. The molecule has 1 N–H and O–H groups in total. The number of rotatable bonds is 2. The normalized spacial score (nSPS) is 13.7. The van der Waals surface area contributed by atoms with Gasteiger partial charge in [0, 0.05) is 6.42 Å². The molecule has 0 rings (SSSR count). The zero-order valence-electron chi connectivity index (χ0n) is 5.23. The molecule has 0 aromatic rings. The number of aliphatic hydroxyl groups excluding tert-OH is 1. The highest BCUT2D eigenvalue weighted by Crippen LogP contribution is 2.05. The lowest BCUT2D eigenvalue weighted by molar-refractivity contribution is 0.184. The van der Waals surface area contributed by atoms with Crippen LogP contribution >= 0.6 is 0 Å². The molecule has 0 amide bonds. The van der Waals surface area contributed by atoms with Crippen LogP contribution in [0.1, 0.15) is 27.2 Å².